The Morgan fingerprint density at radius 1 is 1.71 bits per heavy atom. The summed E-state index contributed by atoms with van der Waals surface area (Å²) >= 11 is 0. The first-order chi connectivity index (χ1) is 3.31. The Bertz CT molecular complexity index is 40.7. The summed E-state index contributed by atoms with van der Waals surface area (Å²) in [7, 11) is 1.85. The molecule has 0 fully saturated rings. The van der Waals surface area contributed by atoms with E-state index in [-0.39, 0.29) is 6.61 Å². The number of rotatable bonds is 3. The van der Waals surface area contributed by atoms with Gasteiger partial charge in [0.05, 0.1) is 13.7 Å². The van der Waals surface area contributed by atoms with Crippen LogP contribution in [0.2, 0.25) is 0 Å². The lowest BCUT2D eigenvalue weighted by Gasteiger charge is -1.99. The van der Waals surface area contributed by atoms with Crippen LogP contribution in [0.15, 0.2) is 0 Å². The molecule has 3 nitrogen and oxygen atoms in total. The largest absolute Gasteiger partial charge is 0.393 e. The minimum Gasteiger partial charge on any atom is -0.393 e. The van der Waals surface area contributed by atoms with Gasteiger partial charge in [-0.3, -0.25) is 0 Å². The molecule has 0 aromatic heterocycles. The molecule has 0 unspecified atom stereocenters. The summed E-state index contributed by atoms with van der Waals surface area (Å²) < 4.78 is 0. The van der Waals surface area contributed by atoms with Crippen LogP contribution in [-0.4, -0.2) is 36.5 Å². The first-order valence-electron chi connectivity index (χ1n) is 2.38. The molecule has 4 N–H and O–H groups in total. The van der Waals surface area contributed by atoms with Gasteiger partial charge in [-0.2, -0.15) is 0 Å². The molecule has 0 bridgehead atoms. The van der Waals surface area contributed by atoms with Gasteiger partial charge in [0.2, 0.25) is 0 Å². The van der Waals surface area contributed by atoms with E-state index in [4.69, 9.17) is 10.2 Å². The molecule has 0 aliphatic heterocycles. The molecule has 0 aliphatic carbocycles. The van der Waals surface area contributed by atoms with Gasteiger partial charge in [-0.05, 0) is 0 Å². The fraction of sp³-hybridized carbons (Fsp3) is 1.00. The minimum absolute atomic E-state index is 0.135. The summed E-state index contributed by atoms with van der Waals surface area (Å²) in [5, 5.41) is 18.6. The number of aliphatic hydroxyl groups excluding tert-OH is 2. The van der Waals surface area contributed by atoms with Crippen molar-refractivity contribution >= 4 is 0 Å². The Balaban J connectivity index is 2.83. The van der Waals surface area contributed by atoms with Crippen molar-refractivity contribution in [2.24, 2.45) is 0 Å². The molecule has 0 aromatic carbocycles. The molecule has 0 saturated heterocycles. The average molecular weight is 106 g/mol. The highest BCUT2D eigenvalue weighted by molar-refractivity contribution is 4.43. The van der Waals surface area contributed by atoms with Crippen molar-refractivity contribution in [1.82, 2.24) is 0 Å². The second-order valence-corrected chi connectivity index (χ2v) is 1.48. The third-order valence-electron chi connectivity index (χ3n) is 0.719. The fourth-order valence-corrected chi connectivity index (χ4v) is 0.347. The molecule has 0 aromatic rings. The van der Waals surface area contributed by atoms with Crippen LogP contribution in [0.1, 0.15) is 0 Å². The zero-order chi connectivity index (χ0) is 5.70. The van der Waals surface area contributed by atoms with Crippen LogP contribution in [0.5, 0.6) is 0 Å². The topological polar surface area (TPSA) is 57.1 Å². The zero-order valence-corrected chi connectivity index (χ0v) is 4.46. The quantitative estimate of drug-likeness (QED) is 0.373. The van der Waals surface area contributed by atoms with Crippen LogP contribution in [0.25, 0.3) is 0 Å². The first-order valence-corrected chi connectivity index (χ1v) is 2.38. The molecule has 0 aliphatic rings. The number of aliphatic hydroxyl groups is 2. The van der Waals surface area contributed by atoms with Crippen LogP contribution < -0.4 is 5.32 Å². The molecule has 0 spiro atoms. The Morgan fingerprint density at radius 3 is 2.43 bits per heavy atom. The average Bonchev–Trinajstić information content (AvgIpc) is 1.68. The summed E-state index contributed by atoms with van der Waals surface area (Å²) in [6.45, 7) is 0.445. The molecule has 1 atom stereocenters. The molecule has 0 rings (SSSR count). The Kier molecular flexibility index (Phi) is 3.98. The predicted octanol–water partition coefficient (Wildman–Crippen LogP) is -2.47. The number of likely N-dealkylation sites (N-methyl/N-ethyl adjacent to an activating group) is 1. The maximum Gasteiger partial charge on any atom is 0.126 e. The number of nitrogens with two attached hydrogens (primary N) is 1. The SMILES string of the molecule is C[NH2+]C[C@@H](O)CO. The monoisotopic (exact) mass is 106 g/mol. The predicted molar refractivity (Wildman–Crippen MR) is 25.8 cm³/mol. The smallest absolute Gasteiger partial charge is 0.126 e. The van der Waals surface area contributed by atoms with Crippen LogP contribution in [0.4, 0.5) is 0 Å². The van der Waals surface area contributed by atoms with Crippen molar-refractivity contribution in [3.8, 4) is 0 Å². The molecule has 0 saturated carbocycles. The molecule has 0 heterocycles. The van der Waals surface area contributed by atoms with Crippen LogP contribution in [-0.2, 0) is 0 Å². The van der Waals surface area contributed by atoms with Crippen LogP contribution in [0, 0.1) is 0 Å². The van der Waals surface area contributed by atoms with Gasteiger partial charge in [-0.1, -0.05) is 0 Å². The molecule has 7 heavy (non-hydrogen) atoms. The minimum atomic E-state index is -0.551. The Hall–Kier alpha value is -0.120. The lowest BCUT2D eigenvalue weighted by Crippen LogP contribution is -2.82. The second kappa shape index (κ2) is 4.05. The molecular formula is C4H12NO2+. The van der Waals surface area contributed by atoms with Gasteiger partial charge in [0, 0.05) is 0 Å². The van der Waals surface area contributed by atoms with Crippen molar-refractivity contribution in [3.05, 3.63) is 0 Å². The van der Waals surface area contributed by atoms with Crippen LogP contribution >= 0.6 is 0 Å². The van der Waals surface area contributed by atoms with Crippen LogP contribution in [0.3, 0.4) is 0 Å². The van der Waals surface area contributed by atoms with E-state index in [1.807, 2.05) is 12.4 Å². The van der Waals surface area contributed by atoms with Gasteiger partial charge in [0.1, 0.15) is 12.6 Å². The van der Waals surface area contributed by atoms with E-state index in [9.17, 15) is 0 Å². The van der Waals surface area contributed by atoms with Crippen molar-refractivity contribution in [1.29, 1.82) is 0 Å². The molecule has 44 valence electrons. The molecule has 3 heteroatoms. The third kappa shape index (κ3) is 3.72. The van der Waals surface area contributed by atoms with E-state index in [2.05, 4.69) is 0 Å². The lowest BCUT2D eigenvalue weighted by molar-refractivity contribution is -0.634. The standard InChI is InChI=1S/C4H11NO2/c1-5-2-4(7)3-6/h4-7H,2-3H2,1H3/p+1/t4-/m1/s1. The fourth-order valence-electron chi connectivity index (χ4n) is 0.347. The third-order valence-corrected chi connectivity index (χ3v) is 0.719. The van der Waals surface area contributed by atoms with E-state index in [0.717, 1.165) is 0 Å². The van der Waals surface area contributed by atoms with Crippen molar-refractivity contribution in [2.75, 3.05) is 20.2 Å². The van der Waals surface area contributed by atoms with Crippen molar-refractivity contribution in [3.63, 3.8) is 0 Å². The van der Waals surface area contributed by atoms with Gasteiger partial charge < -0.3 is 15.5 Å². The number of hydrogen-bond acceptors (Lipinski definition) is 2. The van der Waals surface area contributed by atoms with Gasteiger partial charge in [0.15, 0.2) is 0 Å². The summed E-state index contributed by atoms with van der Waals surface area (Å²) in [6.07, 6.45) is -0.551. The van der Waals surface area contributed by atoms with E-state index in [0.29, 0.717) is 6.54 Å². The van der Waals surface area contributed by atoms with Crippen molar-refractivity contribution < 1.29 is 15.5 Å². The highest BCUT2D eigenvalue weighted by Gasteiger charge is 1.98. The van der Waals surface area contributed by atoms with Gasteiger partial charge in [0.25, 0.3) is 0 Å². The highest BCUT2D eigenvalue weighted by Crippen LogP contribution is 1.68. The maximum absolute atomic E-state index is 8.58. The maximum atomic E-state index is 8.58. The van der Waals surface area contributed by atoms with E-state index < -0.39 is 6.10 Å². The Morgan fingerprint density at radius 2 is 2.29 bits per heavy atom. The Labute approximate surface area is 43.0 Å². The van der Waals surface area contributed by atoms with Crippen molar-refractivity contribution in [2.45, 2.75) is 6.10 Å². The zero-order valence-electron chi connectivity index (χ0n) is 4.46. The molecule has 0 amide bonds. The normalized spacial score (nSPS) is 14.1. The summed E-state index contributed by atoms with van der Waals surface area (Å²) in [5.41, 5.74) is 0. The summed E-state index contributed by atoms with van der Waals surface area (Å²) in [4.78, 5) is 0. The van der Waals surface area contributed by atoms with E-state index in [1.54, 1.807) is 0 Å². The number of quaternary nitrogens is 1. The first kappa shape index (κ1) is 6.88. The summed E-state index contributed by atoms with van der Waals surface area (Å²) in [6, 6.07) is 0. The lowest BCUT2D eigenvalue weighted by atomic mass is 10.4. The summed E-state index contributed by atoms with van der Waals surface area (Å²) in [5.74, 6) is 0. The second-order valence-electron chi connectivity index (χ2n) is 1.48. The molecule has 0 radical (unpaired) electrons. The molecular weight excluding hydrogens is 94.0 g/mol. The van der Waals surface area contributed by atoms with Gasteiger partial charge >= 0.3 is 0 Å². The van der Waals surface area contributed by atoms with Gasteiger partial charge in [-0.25, -0.2) is 0 Å². The van der Waals surface area contributed by atoms with E-state index >= 15 is 0 Å². The highest BCUT2D eigenvalue weighted by atomic mass is 16.3. The number of hydrogen-bond donors (Lipinski definition) is 3. The van der Waals surface area contributed by atoms with Gasteiger partial charge in [-0.15, -0.1) is 0 Å². The van der Waals surface area contributed by atoms with E-state index in [1.165, 1.54) is 0 Å².